The zero-order valence-electron chi connectivity index (χ0n) is 17.5. The number of anilines is 1. The summed E-state index contributed by atoms with van der Waals surface area (Å²) in [5.74, 6) is 2.72. The van der Waals surface area contributed by atoms with Crippen LogP contribution in [-0.2, 0) is 20.9 Å². The van der Waals surface area contributed by atoms with E-state index < -0.39 is 10.3 Å². The van der Waals surface area contributed by atoms with Gasteiger partial charge in [0, 0.05) is 18.0 Å². The second-order valence-corrected chi connectivity index (χ2v) is 11.4. The number of carbonyl (C=O) groups is 1. The molecule has 1 fully saturated rings. The van der Waals surface area contributed by atoms with Gasteiger partial charge >= 0.3 is 10.3 Å². The summed E-state index contributed by atoms with van der Waals surface area (Å²) in [6.07, 6.45) is 9.61. The van der Waals surface area contributed by atoms with E-state index in [0.717, 1.165) is 42.8 Å². The Kier molecular flexibility index (Phi) is 7.62. The van der Waals surface area contributed by atoms with E-state index in [1.165, 1.54) is 23.2 Å². The fraction of sp³-hybridized carbons (Fsp3) is 0.476. The maximum atomic E-state index is 13.2. The highest BCUT2D eigenvalue weighted by molar-refractivity contribution is 7.99. The quantitative estimate of drug-likeness (QED) is 0.402. The first-order chi connectivity index (χ1) is 15.4. The summed E-state index contributed by atoms with van der Waals surface area (Å²) in [6, 6.07) is 2.04. The van der Waals surface area contributed by atoms with Gasteiger partial charge in [0.05, 0.1) is 17.0 Å². The Hall–Kier alpha value is -1.79. The van der Waals surface area contributed by atoms with Crippen LogP contribution < -0.4 is 10.5 Å². The number of nitrogens with one attached hydrogen (secondary N) is 1. The molecule has 0 bridgehead atoms. The molecule has 2 aliphatic rings. The van der Waals surface area contributed by atoms with E-state index in [1.54, 1.807) is 6.20 Å². The van der Waals surface area contributed by atoms with Crippen LogP contribution >= 0.6 is 23.1 Å². The monoisotopic (exact) mass is 494 g/mol. The first kappa shape index (κ1) is 23.4. The van der Waals surface area contributed by atoms with Crippen LogP contribution in [0, 0.1) is 5.92 Å². The Morgan fingerprint density at radius 2 is 2.22 bits per heavy atom. The van der Waals surface area contributed by atoms with E-state index in [2.05, 4.69) is 26.7 Å². The predicted molar refractivity (Wildman–Crippen MR) is 127 cm³/mol. The molecule has 172 valence electrons. The van der Waals surface area contributed by atoms with Crippen molar-refractivity contribution in [1.82, 2.24) is 9.97 Å². The smallest absolute Gasteiger partial charge is 0.333 e. The Balaban J connectivity index is 1.40. The number of allylic oxidation sites excluding steroid dienone is 1. The molecule has 1 saturated carbocycles. The van der Waals surface area contributed by atoms with Crippen LogP contribution in [0.1, 0.15) is 46.5 Å². The maximum absolute atomic E-state index is 13.2. The average molecular weight is 495 g/mol. The molecule has 3 heterocycles. The predicted octanol–water partition coefficient (Wildman–Crippen LogP) is 3.18. The molecule has 0 radical (unpaired) electrons. The molecule has 0 spiro atoms. The molecule has 2 unspecified atom stereocenters. The van der Waals surface area contributed by atoms with E-state index in [1.807, 2.05) is 17.8 Å². The second-order valence-electron chi connectivity index (χ2n) is 8.10. The lowest BCUT2D eigenvalue weighted by Crippen LogP contribution is -2.22. The van der Waals surface area contributed by atoms with Crippen molar-refractivity contribution in [3.05, 3.63) is 51.6 Å². The summed E-state index contributed by atoms with van der Waals surface area (Å²) >= 11 is 3.40. The third kappa shape index (κ3) is 6.38. The van der Waals surface area contributed by atoms with E-state index in [4.69, 9.17) is 9.32 Å². The molecule has 0 aromatic carbocycles. The highest BCUT2D eigenvalue weighted by Gasteiger charge is 2.28. The number of thiophene rings is 1. The van der Waals surface area contributed by atoms with Crippen molar-refractivity contribution in [1.29, 1.82) is 0 Å². The van der Waals surface area contributed by atoms with E-state index >= 15 is 0 Å². The van der Waals surface area contributed by atoms with Crippen LogP contribution in [-0.4, -0.2) is 48.3 Å². The summed E-state index contributed by atoms with van der Waals surface area (Å²) in [6.45, 7) is 0.0691. The van der Waals surface area contributed by atoms with Gasteiger partial charge in [0.15, 0.2) is 0 Å². The van der Waals surface area contributed by atoms with Crippen molar-refractivity contribution in [3.8, 4) is 0 Å². The number of carbonyl (C=O) groups excluding carboxylic acids is 1. The number of hydrogen-bond donors (Lipinski definition) is 2. The molecule has 8 nitrogen and oxygen atoms in total. The molecular formula is C21H26N4O4S3. The standard InChI is InChI=1S/C21H26N4O4S3/c22-32(27,28)29-11-15-1-2-17(8-15)25-21-18(10-23-13-24-21)20(26)19-9-16(12-31-19)7-14-3-5-30-6-4-14/h3,9-10,12-13,15,17H,1-2,4-8,11H2,(H2,22,27,28)(H,23,24,25). The zero-order chi connectivity index (χ0) is 22.6. The molecule has 3 N–H and O–H groups in total. The van der Waals surface area contributed by atoms with Gasteiger partial charge < -0.3 is 5.32 Å². The minimum absolute atomic E-state index is 0.0691. The third-order valence-electron chi connectivity index (χ3n) is 5.67. The lowest BCUT2D eigenvalue weighted by molar-refractivity contribution is 0.104. The largest absolute Gasteiger partial charge is 0.367 e. The van der Waals surface area contributed by atoms with Gasteiger partial charge in [0.25, 0.3) is 0 Å². The minimum Gasteiger partial charge on any atom is -0.367 e. The maximum Gasteiger partial charge on any atom is 0.333 e. The number of nitrogens with zero attached hydrogens (tertiary/aromatic N) is 2. The number of aromatic nitrogens is 2. The molecule has 2 atom stereocenters. The Morgan fingerprint density at radius 1 is 1.34 bits per heavy atom. The number of hydrogen-bond acceptors (Lipinski definition) is 9. The SMILES string of the molecule is NS(=O)(=O)OCC1CCC(Nc2ncncc2C(=O)c2cc(CC3=CCSCC3)cs2)C1. The molecule has 0 amide bonds. The third-order valence-corrected chi connectivity index (χ3v) is 8.01. The van der Waals surface area contributed by atoms with Crippen molar-refractivity contribution < 1.29 is 17.4 Å². The van der Waals surface area contributed by atoms with E-state index in [0.29, 0.717) is 22.7 Å². The fourth-order valence-electron chi connectivity index (χ4n) is 4.06. The molecule has 4 rings (SSSR count). The minimum atomic E-state index is -3.93. The number of thioether (sulfide) groups is 1. The van der Waals surface area contributed by atoms with Gasteiger partial charge in [-0.25, -0.2) is 15.1 Å². The van der Waals surface area contributed by atoms with Crippen LogP contribution in [0.4, 0.5) is 5.82 Å². The van der Waals surface area contributed by atoms with Crippen molar-refractivity contribution in [2.45, 2.75) is 38.1 Å². The zero-order valence-corrected chi connectivity index (χ0v) is 20.0. The van der Waals surface area contributed by atoms with Crippen molar-refractivity contribution in [2.75, 3.05) is 23.4 Å². The molecular weight excluding hydrogens is 468 g/mol. The summed E-state index contributed by atoms with van der Waals surface area (Å²) in [5, 5.41) is 10.3. The molecule has 2 aromatic rings. The van der Waals surface area contributed by atoms with Crippen LogP contribution in [0.3, 0.4) is 0 Å². The van der Waals surface area contributed by atoms with Gasteiger partial charge in [-0.05, 0) is 60.8 Å². The number of ketones is 1. The van der Waals surface area contributed by atoms with Crippen molar-refractivity contribution in [2.24, 2.45) is 11.1 Å². The number of nitrogens with two attached hydrogens (primary N) is 1. The topological polar surface area (TPSA) is 124 Å². The summed E-state index contributed by atoms with van der Waals surface area (Å²) < 4.78 is 26.7. The average Bonchev–Trinajstić information content (AvgIpc) is 3.42. The molecule has 32 heavy (non-hydrogen) atoms. The second kappa shape index (κ2) is 10.4. The van der Waals surface area contributed by atoms with E-state index in [-0.39, 0.29) is 24.3 Å². The summed E-state index contributed by atoms with van der Waals surface area (Å²) in [7, 11) is -3.93. The molecule has 0 saturated heterocycles. The first-order valence-electron chi connectivity index (χ1n) is 10.5. The molecule has 2 aromatic heterocycles. The molecule has 1 aliphatic heterocycles. The lowest BCUT2D eigenvalue weighted by atomic mass is 10.0. The summed E-state index contributed by atoms with van der Waals surface area (Å²) in [5.41, 5.74) is 3.04. The van der Waals surface area contributed by atoms with Crippen molar-refractivity contribution >= 4 is 45.0 Å². The Labute approximate surface area is 196 Å². The Morgan fingerprint density at radius 3 is 3.00 bits per heavy atom. The Bertz CT molecular complexity index is 1100. The molecule has 1 aliphatic carbocycles. The highest BCUT2D eigenvalue weighted by Crippen LogP contribution is 2.30. The lowest BCUT2D eigenvalue weighted by Gasteiger charge is -2.15. The van der Waals surface area contributed by atoms with Gasteiger partial charge in [-0.2, -0.15) is 20.2 Å². The first-order valence-corrected chi connectivity index (χ1v) is 14.0. The van der Waals surface area contributed by atoms with E-state index in [9.17, 15) is 13.2 Å². The van der Waals surface area contributed by atoms with Crippen LogP contribution in [0.2, 0.25) is 0 Å². The normalized spacial score (nSPS) is 21.3. The van der Waals surface area contributed by atoms with Gasteiger partial charge in [-0.15, -0.1) is 11.3 Å². The highest BCUT2D eigenvalue weighted by atomic mass is 32.2. The fourth-order valence-corrected chi connectivity index (χ4v) is 6.24. The van der Waals surface area contributed by atoms with Crippen LogP contribution in [0.25, 0.3) is 0 Å². The van der Waals surface area contributed by atoms with Gasteiger partial charge in [-0.1, -0.05) is 11.6 Å². The van der Waals surface area contributed by atoms with Gasteiger partial charge in [0.1, 0.15) is 12.1 Å². The number of rotatable bonds is 9. The van der Waals surface area contributed by atoms with Crippen LogP contribution in [0.15, 0.2) is 35.6 Å². The van der Waals surface area contributed by atoms with Gasteiger partial charge in [-0.3, -0.25) is 8.98 Å². The van der Waals surface area contributed by atoms with Crippen molar-refractivity contribution in [3.63, 3.8) is 0 Å². The summed E-state index contributed by atoms with van der Waals surface area (Å²) in [4.78, 5) is 22.2. The van der Waals surface area contributed by atoms with Crippen LogP contribution in [0.5, 0.6) is 0 Å². The molecule has 11 heteroatoms. The van der Waals surface area contributed by atoms with Gasteiger partial charge in [0.2, 0.25) is 5.78 Å².